The zero-order valence-electron chi connectivity index (χ0n) is 10.5. The Labute approximate surface area is 107 Å². The molecular weight excluding hydrogens is 224 g/mol. The molecule has 3 nitrogen and oxygen atoms in total. The minimum absolute atomic E-state index is 0.115. The molecule has 2 aromatic carbocycles. The number of hydrogen-bond donors (Lipinski definition) is 3. The van der Waals surface area contributed by atoms with E-state index in [2.05, 4.69) is 24.4 Å². The van der Waals surface area contributed by atoms with Crippen LogP contribution in [-0.4, -0.2) is 18.3 Å². The van der Waals surface area contributed by atoms with Gasteiger partial charge in [-0.15, -0.1) is 0 Å². The van der Waals surface area contributed by atoms with Crippen LogP contribution >= 0.6 is 0 Å². The number of aryl methyl sites for hydroxylation is 1. The van der Waals surface area contributed by atoms with Gasteiger partial charge in [-0.2, -0.15) is 0 Å². The van der Waals surface area contributed by atoms with Gasteiger partial charge in [-0.3, -0.25) is 0 Å². The average molecular weight is 242 g/mol. The van der Waals surface area contributed by atoms with Gasteiger partial charge in [0, 0.05) is 23.5 Å². The highest BCUT2D eigenvalue weighted by Crippen LogP contribution is 2.30. The summed E-state index contributed by atoms with van der Waals surface area (Å²) in [6.07, 6.45) is 0. The Kier molecular flexibility index (Phi) is 3.85. The third kappa shape index (κ3) is 2.63. The van der Waals surface area contributed by atoms with Crippen LogP contribution in [0, 0.1) is 6.92 Å². The van der Waals surface area contributed by atoms with Gasteiger partial charge in [0.05, 0.1) is 6.61 Å². The lowest BCUT2D eigenvalue weighted by molar-refractivity contribution is 0.311. The van der Waals surface area contributed by atoms with E-state index in [-0.39, 0.29) is 6.61 Å². The molecule has 2 rings (SSSR count). The molecule has 0 saturated heterocycles. The average Bonchev–Trinajstić information content (AvgIpc) is 2.39. The summed E-state index contributed by atoms with van der Waals surface area (Å²) in [4.78, 5) is 0. The third-order valence-electron chi connectivity index (χ3n) is 2.93. The van der Waals surface area contributed by atoms with Crippen LogP contribution in [0.4, 0.5) is 11.4 Å². The zero-order chi connectivity index (χ0) is 13.0. The fraction of sp³-hybridized carbons (Fsp3) is 0.200. The molecule has 0 bridgehead atoms. The van der Waals surface area contributed by atoms with Gasteiger partial charge in [-0.1, -0.05) is 24.3 Å². The number of rotatable bonds is 4. The quantitative estimate of drug-likeness (QED) is 0.722. The second-order valence-electron chi connectivity index (χ2n) is 4.27. The first kappa shape index (κ1) is 12.5. The first-order valence-corrected chi connectivity index (χ1v) is 6.02. The number of benzene rings is 2. The van der Waals surface area contributed by atoms with Crippen LogP contribution in [0.5, 0.6) is 0 Å². The molecule has 0 fully saturated rings. The lowest BCUT2D eigenvalue weighted by atomic mass is 9.98. The minimum Gasteiger partial charge on any atom is -0.398 e. The van der Waals surface area contributed by atoms with Crippen molar-refractivity contribution < 1.29 is 5.11 Å². The molecule has 0 aliphatic carbocycles. The van der Waals surface area contributed by atoms with Crippen molar-refractivity contribution in [2.75, 3.05) is 24.2 Å². The summed E-state index contributed by atoms with van der Waals surface area (Å²) in [5, 5.41) is 12.0. The molecule has 0 heterocycles. The van der Waals surface area contributed by atoms with Crippen LogP contribution < -0.4 is 11.1 Å². The van der Waals surface area contributed by atoms with Gasteiger partial charge in [0.1, 0.15) is 0 Å². The van der Waals surface area contributed by atoms with Crippen molar-refractivity contribution in [2.45, 2.75) is 6.92 Å². The molecule has 18 heavy (non-hydrogen) atoms. The lowest BCUT2D eigenvalue weighted by Gasteiger charge is -2.12. The van der Waals surface area contributed by atoms with Crippen molar-refractivity contribution in [1.82, 2.24) is 0 Å². The van der Waals surface area contributed by atoms with Gasteiger partial charge in [-0.25, -0.2) is 0 Å². The maximum absolute atomic E-state index is 8.83. The van der Waals surface area contributed by atoms with Gasteiger partial charge in [0.2, 0.25) is 0 Å². The highest BCUT2D eigenvalue weighted by Gasteiger charge is 2.06. The SMILES string of the molecule is Cc1ccccc1-c1cc(NCCO)ccc1N. The van der Waals surface area contributed by atoms with E-state index in [0.29, 0.717) is 6.54 Å². The highest BCUT2D eigenvalue weighted by atomic mass is 16.3. The molecule has 94 valence electrons. The number of nitrogens with one attached hydrogen (secondary N) is 1. The summed E-state index contributed by atoms with van der Waals surface area (Å²) in [6.45, 7) is 2.73. The Morgan fingerprint density at radius 2 is 1.89 bits per heavy atom. The van der Waals surface area contributed by atoms with E-state index in [1.165, 1.54) is 5.56 Å². The van der Waals surface area contributed by atoms with Crippen molar-refractivity contribution >= 4 is 11.4 Å². The van der Waals surface area contributed by atoms with Crippen molar-refractivity contribution in [3.05, 3.63) is 48.0 Å². The molecule has 0 atom stereocenters. The van der Waals surface area contributed by atoms with Gasteiger partial charge in [0.15, 0.2) is 0 Å². The second-order valence-corrected chi connectivity index (χ2v) is 4.27. The van der Waals surface area contributed by atoms with Gasteiger partial charge in [0.25, 0.3) is 0 Å². The summed E-state index contributed by atoms with van der Waals surface area (Å²) in [5.74, 6) is 0. The topological polar surface area (TPSA) is 58.3 Å². The predicted octanol–water partition coefficient (Wildman–Crippen LogP) is 2.65. The second kappa shape index (κ2) is 5.56. The third-order valence-corrected chi connectivity index (χ3v) is 2.93. The summed E-state index contributed by atoms with van der Waals surface area (Å²) >= 11 is 0. The van der Waals surface area contributed by atoms with Gasteiger partial charge in [-0.05, 0) is 36.2 Å². The molecule has 0 aliphatic rings. The summed E-state index contributed by atoms with van der Waals surface area (Å²) in [7, 11) is 0. The Morgan fingerprint density at radius 3 is 2.61 bits per heavy atom. The zero-order valence-corrected chi connectivity index (χ0v) is 10.5. The van der Waals surface area contributed by atoms with Crippen LogP contribution in [-0.2, 0) is 0 Å². The molecule has 3 heteroatoms. The molecule has 4 N–H and O–H groups in total. The first-order chi connectivity index (χ1) is 8.72. The van der Waals surface area contributed by atoms with Gasteiger partial charge >= 0.3 is 0 Å². The van der Waals surface area contributed by atoms with E-state index >= 15 is 0 Å². The monoisotopic (exact) mass is 242 g/mol. The maximum Gasteiger partial charge on any atom is 0.0604 e. The highest BCUT2D eigenvalue weighted by molar-refractivity contribution is 5.81. The number of hydrogen-bond acceptors (Lipinski definition) is 3. The lowest BCUT2D eigenvalue weighted by Crippen LogP contribution is -2.05. The van der Waals surface area contributed by atoms with Crippen LogP contribution in [0.3, 0.4) is 0 Å². The molecule has 0 saturated carbocycles. The summed E-state index contributed by atoms with van der Waals surface area (Å²) < 4.78 is 0. The molecule has 0 aromatic heterocycles. The fourth-order valence-corrected chi connectivity index (χ4v) is 1.97. The van der Waals surface area contributed by atoms with Crippen LogP contribution in [0.2, 0.25) is 0 Å². The number of aliphatic hydroxyl groups excluding tert-OH is 1. The standard InChI is InChI=1S/C15H18N2O/c1-11-4-2-3-5-13(11)14-10-12(17-8-9-18)6-7-15(14)16/h2-7,10,17-18H,8-9,16H2,1H3. The van der Waals surface area contributed by atoms with Gasteiger partial charge < -0.3 is 16.2 Å². The Balaban J connectivity index is 2.40. The van der Waals surface area contributed by atoms with E-state index in [4.69, 9.17) is 10.8 Å². The van der Waals surface area contributed by atoms with E-state index in [9.17, 15) is 0 Å². The maximum atomic E-state index is 8.83. The molecule has 0 radical (unpaired) electrons. The van der Waals surface area contributed by atoms with E-state index in [1.54, 1.807) is 0 Å². The van der Waals surface area contributed by atoms with E-state index < -0.39 is 0 Å². The van der Waals surface area contributed by atoms with Crippen molar-refractivity contribution in [2.24, 2.45) is 0 Å². The molecule has 2 aromatic rings. The minimum atomic E-state index is 0.115. The van der Waals surface area contributed by atoms with Crippen molar-refractivity contribution in [3.63, 3.8) is 0 Å². The molecular formula is C15H18N2O. The molecule has 0 spiro atoms. The van der Waals surface area contributed by atoms with E-state index in [0.717, 1.165) is 22.5 Å². The van der Waals surface area contributed by atoms with Crippen LogP contribution in [0.15, 0.2) is 42.5 Å². The van der Waals surface area contributed by atoms with Crippen molar-refractivity contribution in [1.29, 1.82) is 0 Å². The largest absolute Gasteiger partial charge is 0.398 e. The Morgan fingerprint density at radius 1 is 1.11 bits per heavy atom. The Hall–Kier alpha value is -2.00. The number of anilines is 2. The summed E-state index contributed by atoms with van der Waals surface area (Å²) in [6, 6.07) is 14.0. The normalized spacial score (nSPS) is 10.3. The number of nitrogens with two attached hydrogens (primary N) is 1. The first-order valence-electron chi connectivity index (χ1n) is 6.02. The molecule has 0 unspecified atom stereocenters. The number of aliphatic hydroxyl groups is 1. The van der Waals surface area contributed by atoms with Crippen LogP contribution in [0.1, 0.15) is 5.56 Å². The van der Waals surface area contributed by atoms with Crippen molar-refractivity contribution in [3.8, 4) is 11.1 Å². The summed E-state index contributed by atoms with van der Waals surface area (Å²) in [5.41, 5.74) is 11.1. The fourth-order valence-electron chi connectivity index (χ4n) is 1.97. The van der Waals surface area contributed by atoms with E-state index in [1.807, 2.05) is 30.3 Å². The molecule has 0 aliphatic heterocycles. The predicted molar refractivity (Wildman–Crippen MR) is 76.6 cm³/mol. The smallest absolute Gasteiger partial charge is 0.0604 e. The Bertz CT molecular complexity index is 538. The van der Waals surface area contributed by atoms with Crippen LogP contribution in [0.25, 0.3) is 11.1 Å². The molecule has 0 amide bonds. The number of nitrogen functional groups attached to an aromatic ring is 1.